The Morgan fingerprint density at radius 3 is 2.58 bits per heavy atom. The molecule has 2 rings (SSSR count). The van der Waals surface area contributed by atoms with Crippen molar-refractivity contribution in [2.75, 3.05) is 19.5 Å². The molecule has 0 saturated carbocycles. The van der Waals surface area contributed by atoms with Crippen LogP contribution in [0.4, 0.5) is 0 Å². The predicted molar refractivity (Wildman–Crippen MR) is 96.6 cm³/mol. The summed E-state index contributed by atoms with van der Waals surface area (Å²) in [5.41, 5.74) is -0.909. The molecule has 24 heavy (non-hydrogen) atoms. The van der Waals surface area contributed by atoms with Gasteiger partial charge in [0.2, 0.25) is 0 Å². The number of H-pyrrole nitrogens is 1. The van der Waals surface area contributed by atoms with Crippen LogP contribution < -0.4 is 11.2 Å². The van der Waals surface area contributed by atoms with Crippen LogP contribution in [-0.4, -0.2) is 63.9 Å². The Hall–Kier alpha value is -1.14. The Morgan fingerprint density at radius 2 is 2.00 bits per heavy atom. The Labute approximate surface area is 141 Å². The van der Waals surface area contributed by atoms with E-state index in [2.05, 4.69) is 24.6 Å². The third kappa shape index (κ3) is 4.28. The largest absolute Gasteiger partial charge is 0.388 e. The fourth-order valence-corrected chi connectivity index (χ4v) is 3.81. The lowest BCUT2D eigenvalue weighted by Gasteiger charge is -2.18. The summed E-state index contributed by atoms with van der Waals surface area (Å²) in [6.07, 6.45) is 3.93. The van der Waals surface area contributed by atoms with Crippen molar-refractivity contribution >= 4 is 13.2 Å². The molecule has 0 spiro atoms. The molecule has 7 nitrogen and oxygen atoms in total. The average Bonchev–Trinajstić information content (AvgIpc) is 2.75. The first-order valence-corrected chi connectivity index (χ1v) is 11.2. The van der Waals surface area contributed by atoms with Gasteiger partial charge < -0.3 is 19.5 Å². The molecule has 4 atom stereocenters. The van der Waals surface area contributed by atoms with Crippen LogP contribution in [-0.2, 0) is 11.3 Å². The van der Waals surface area contributed by atoms with E-state index in [1.165, 1.54) is 10.8 Å². The molecule has 0 bridgehead atoms. The van der Waals surface area contributed by atoms with Crippen LogP contribution in [0.15, 0.2) is 15.8 Å². The highest BCUT2D eigenvalue weighted by atomic mass is 31.2. The number of aromatic nitrogens is 2. The monoisotopic (exact) mass is 358 g/mol. The van der Waals surface area contributed by atoms with Gasteiger partial charge in [0.1, 0.15) is 18.3 Å². The lowest BCUT2D eigenvalue weighted by atomic mass is 10.0. The Bertz CT molecular complexity index is 735. The highest BCUT2D eigenvalue weighted by molar-refractivity contribution is 7.72. The van der Waals surface area contributed by atoms with Gasteiger partial charge in [-0.05, 0) is 32.3 Å². The van der Waals surface area contributed by atoms with E-state index in [0.29, 0.717) is 13.0 Å². The van der Waals surface area contributed by atoms with Crippen LogP contribution in [0.1, 0.15) is 31.4 Å². The van der Waals surface area contributed by atoms with Gasteiger partial charge in [-0.2, -0.15) is 0 Å². The zero-order valence-corrected chi connectivity index (χ0v) is 15.3. The zero-order valence-electron chi connectivity index (χ0n) is 14.4. The van der Waals surface area contributed by atoms with Crippen LogP contribution in [0.3, 0.4) is 0 Å². The van der Waals surface area contributed by atoms with Gasteiger partial charge in [0, 0.05) is 12.7 Å². The van der Waals surface area contributed by atoms with E-state index in [1.807, 2.05) is 6.92 Å². The molecule has 0 amide bonds. The Balaban J connectivity index is 2.26. The molecule has 0 aliphatic carbocycles. The first-order chi connectivity index (χ1) is 11.1. The third-order valence-corrected chi connectivity index (χ3v) is 5.66. The molecule has 1 unspecified atom stereocenters. The molecule has 1 fully saturated rings. The topological polar surface area (TPSA) is 105 Å². The molecule has 0 radical (unpaired) electrons. The molecular formula is C16H27N2O5P. The highest BCUT2D eigenvalue weighted by Gasteiger charge is 2.44. The number of ether oxygens (including phenoxy) is 1. The van der Waals surface area contributed by atoms with Crippen molar-refractivity contribution in [3.05, 3.63) is 32.6 Å². The molecule has 1 aromatic rings. The van der Waals surface area contributed by atoms with Crippen LogP contribution in [0.2, 0.25) is 0 Å². The number of nitrogens with zero attached hydrogens (tertiary/aromatic N) is 1. The van der Waals surface area contributed by atoms with E-state index in [0.717, 1.165) is 12.6 Å². The van der Waals surface area contributed by atoms with Crippen molar-refractivity contribution in [1.82, 2.24) is 9.55 Å². The maximum absolute atomic E-state index is 12.1. The number of aryl methyl sites for hydroxylation is 1. The lowest BCUT2D eigenvalue weighted by molar-refractivity contribution is 0.00493. The SMILES string of the molecule is C=P(C)(C)CC[C@H]1OC(c2cn(CCC)c(=O)[nH]c2=O)[C@H](O)[C@@H]1O. The number of aliphatic hydroxyl groups excluding tert-OH is 2. The summed E-state index contributed by atoms with van der Waals surface area (Å²) >= 11 is 0. The van der Waals surface area contributed by atoms with E-state index in [9.17, 15) is 19.8 Å². The smallest absolute Gasteiger partial charge is 0.328 e. The van der Waals surface area contributed by atoms with E-state index in [-0.39, 0.29) is 5.56 Å². The number of hydrogen-bond acceptors (Lipinski definition) is 5. The van der Waals surface area contributed by atoms with Crippen molar-refractivity contribution in [3.8, 4) is 0 Å². The third-order valence-electron chi connectivity index (χ3n) is 4.19. The van der Waals surface area contributed by atoms with Crippen LogP contribution in [0.25, 0.3) is 0 Å². The molecule has 136 valence electrons. The number of hydrogen-bond donors (Lipinski definition) is 3. The molecule has 1 aliphatic rings. The Morgan fingerprint density at radius 1 is 1.33 bits per heavy atom. The molecule has 8 heteroatoms. The summed E-state index contributed by atoms with van der Waals surface area (Å²) in [6, 6.07) is 0. The number of rotatable bonds is 6. The lowest BCUT2D eigenvalue weighted by Crippen LogP contribution is -2.35. The van der Waals surface area contributed by atoms with Crippen LogP contribution >= 0.6 is 6.89 Å². The summed E-state index contributed by atoms with van der Waals surface area (Å²) < 4.78 is 7.16. The van der Waals surface area contributed by atoms with Crippen LogP contribution in [0, 0.1) is 0 Å². The standard InChI is InChI=1S/C16H27N2O5P/c1-5-7-18-9-10(15(21)17-16(18)22)14-13(20)12(19)11(23-14)6-8-24(2,3)4/h9,11-14,19-20H,2,5-8H2,1,3-4H3,(H,17,21,22)/t11-,12-,13-,14?/m1/s1. The summed E-state index contributed by atoms with van der Waals surface area (Å²) in [6.45, 7) is 5.28. The molecule has 2 heterocycles. The van der Waals surface area contributed by atoms with Gasteiger partial charge in [-0.3, -0.25) is 9.78 Å². The first kappa shape index (κ1) is 19.2. The minimum atomic E-state index is -1.28. The second-order valence-corrected chi connectivity index (χ2v) is 11.4. The van der Waals surface area contributed by atoms with Gasteiger partial charge >= 0.3 is 5.69 Å². The van der Waals surface area contributed by atoms with Gasteiger partial charge in [-0.15, -0.1) is 13.2 Å². The van der Waals surface area contributed by atoms with E-state index >= 15 is 0 Å². The summed E-state index contributed by atoms with van der Waals surface area (Å²) in [5, 5.41) is 20.5. The summed E-state index contributed by atoms with van der Waals surface area (Å²) in [4.78, 5) is 26.1. The molecule has 1 aliphatic heterocycles. The maximum atomic E-state index is 12.1. The highest BCUT2D eigenvalue weighted by Crippen LogP contribution is 2.40. The average molecular weight is 358 g/mol. The second kappa shape index (κ2) is 7.40. The normalized spacial score (nSPS) is 27.5. The van der Waals surface area contributed by atoms with Crippen molar-refractivity contribution in [3.63, 3.8) is 0 Å². The number of nitrogens with one attached hydrogen (secondary N) is 1. The van der Waals surface area contributed by atoms with Crippen LogP contribution in [0.5, 0.6) is 0 Å². The zero-order chi connectivity index (χ0) is 18.1. The minimum absolute atomic E-state index is 0.167. The molecule has 1 aromatic heterocycles. The van der Waals surface area contributed by atoms with Crippen molar-refractivity contribution in [2.24, 2.45) is 0 Å². The fourth-order valence-electron chi connectivity index (χ4n) is 2.86. The number of aliphatic hydroxyl groups is 2. The molecule has 3 N–H and O–H groups in total. The molecule has 1 saturated heterocycles. The fraction of sp³-hybridized carbons (Fsp3) is 0.688. The van der Waals surface area contributed by atoms with E-state index < -0.39 is 42.6 Å². The van der Waals surface area contributed by atoms with Crippen molar-refractivity contribution in [2.45, 2.75) is 50.7 Å². The molecular weight excluding hydrogens is 331 g/mol. The van der Waals surface area contributed by atoms with Gasteiger partial charge in [-0.1, -0.05) is 6.92 Å². The van der Waals surface area contributed by atoms with Gasteiger partial charge in [0.25, 0.3) is 5.56 Å². The van der Waals surface area contributed by atoms with Gasteiger partial charge in [-0.25, -0.2) is 4.79 Å². The Kier molecular flexibility index (Phi) is 5.91. The number of aromatic amines is 1. The second-order valence-electron chi connectivity index (χ2n) is 7.06. The van der Waals surface area contributed by atoms with E-state index in [1.54, 1.807) is 0 Å². The first-order valence-electron chi connectivity index (χ1n) is 8.16. The van der Waals surface area contributed by atoms with Gasteiger partial charge in [0.05, 0.1) is 11.7 Å². The van der Waals surface area contributed by atoms with Crippen molar-refractivity contribution in [1.29, 1.82) is 0 Å². The van der Waals surface area contributed by atoms with Gasteiger partial charge in [0.15, 0.2) is 0 Å². The molecule has 0 aromatic carbocycles. The summed E-state index contributed by atoms with van der Waals surface area (Å²) in [5.74, 6) is 0. The summed E-state index contributed by atoms with van der Waals surface area (Å²) in [7, 11) is 0. The minimum Gasteiger partial charge on any atom is -0.388 e. The predicted octanol–water partition coefficient (Wildman–Crippen LogP) is 0.208. The quantitative estimate of drug-likeness (QED) is 0.631. The van der Waals surface area contributed by atoms with E-state index in [4.69, 9.17) is 4.74 Å². The maximum Gasteiger partial charge on any atom is 0.328 e. The van der Waals surface area contributed by atoms with Crippen molar-refractivity contribution < 1.29 is 14.9 Å².